The van der Waals surface area contributed by atoms with Crippen molar-refractivity contribution in [3.05, 3.63) is 53.1 Å². The average Bonchev–Trinajstić information content (AvgIpc) is 3.15. The molecular formula is C20H20ClN3O6S2. The number of anilines is 1. The second-order valence-corrected chi connectivity index (χ2v) is 10.0. The summed E-state index contributed by atoms with van der Waals surface area (Å²) in [5.74, 6) is -0.825. The van der Waals surface area contributed by atoms with Crippen LogP contribution in [0.4, 0.5) is 9.93 Å². The Labute approximate surface area is 193 Å². The monoisotopic (exact) mass is 497 g/mol. The lowest BCUT2D eigenvalue weighted by atomic mass is 10.2. The van der Waals surface area contributed by atoms with Gasteiger partial charge in [-0.25, -0.2) is 18.2 Å². The Morgan fingerprint density at radius 1 is 1.12 bits per heavy atom. The van der Waals surface area contributed by atoms with E-state index in [1.165, 1.54) is 25.3 Å². The second-order valence-electron chi connectivity index (χ2n) is 6.46. The minimum absolute atomic E-state index is 0.0544. The summed E-state index contributed by atoms with van der Waals surface area (Å²) in [4.78, 5) is 28.7. The summed E-state index contributed by atoms with van der Waals surface area (Å²) in [6.07, 6.45) is 0. The molecule has 0 unspecified atom stereocenters. The number of urea groups is 1. The number of imide groups is 1. The van der Waals surface area contributed by atoms with Crippen molar-refractivity contribution in [2.75, 3.05) is 38.0 Å². The van der Waals surface area contributed by atoms with E-state index < -0.39 is 21.8 Å². The Kier molecular flexibility index (Phi) is 8.15. The third-order valence-electron chi connectivity index (χ3n) is 4.21. The van der Waals surface area contributed by atoms with Crippen LogP contribution >= 0.6 is 22.9 Å². The maximum atomic E-state index is 12.5. The van der Waals surface area contributed by atoms with E-state index in [-0.39, 0.29) is 33.0 Å². The largest absolute Gasteiger partial charge is 0.382 e. The van der Waals surface area contributed by atoms with Crippen molar-refractivity contribution in [3.63, 3.8) is 0 Å². The molecule has 12 heteroatoms. The number of amides is 3. The predicted molar refractivity (Wildman–Crippen MR) is 122 cm³/mol. The molecule has 32 heavy (non-hydrogen) atoms. The van der Waals surface area contributed by atoms with Gasteiger partial charge in [-0.2, -0.15) is 0 Å². The van der Waals surface area contributed by atoms with Crippen LogP contribution in [0.1, 0.15) is 10.4 Å². The van der Waals surface area contributed by atoms with Gasteiger partial charge in [0.2, 0.25) is 0 Å². The van der Waals surface area contributed by atoms with Crippen LogP contribution in [0.15, 0.2) is 47.4 Å². The molecule has 0 radical (unpaired) electrons. The van der Waals surface area contributed by atoms with Crippen molar-refractivity contribution in [2.24, 2.45) is 0 Å². The summed E-state index contributed by atoms with van der Waals surface area (Å²) in [5.41, 5.74) is 0.674. The van der Waals surface area contributed by atoms with Gasteiger partial charge in [0.25, 0.3) is 5.91 Å². The minimum Gasteiger partial charge on any atom is -0.382 e. The Morgan fingerprint density at radius 2 is 1.91 bits per heavy atom. The molecule has 1 aromatic heterocycles. The molecule has 0 aliphatic carbocycles. The normalized spacial score (nSPS) is 11.4. The Morgan fingerprint density at radius 3 is 2.66 bits per heavy atom. The first kappa shape index (κ1) is 24.1. The van der Waals surface area contributed by atoms with Crippen molar-refractivity contribution in [3.8, 4) is 0 Å². The first-order chi connectivity index (χ1) is 15.3. The average molecular weight is 498 g/mol. The van der Waals surface area contributed by atoms with Gasteiger partial charge in [-0.05, 0) is 30.3 Å². The number of thiazole rings is 1. The van der Waals surface area contributed by atoms with Gasteiger partial charge in [-0.1, -0.05) is 35.1 Å². The van der Waals surface area contributed by atoms with Gasteiger partial charge in [0.05, 0.1) is 51.3 Å². The molecule has 9 nitrogen and oxygen atoms in total. The fourth-order valence-electron chi connectivity index (χ4n) is 2.63. The molecule has 0 atom stereocenters. The molecule has 0 aliphatic rings. The quantitative estimate of drug-likeness (QED) is 0.434. The van der Waals surface area contributed by atoms with E-state index in [1.807, 2.05) is 0 Å². The number of methoxy groups -OCH3 is 1. The number of nitrogens with one attached hydrogen (secondary N) is 2. The van der Waals surface area contributed by atoms with Crippen molar-refractivity contribution in [1.82, 2.24) is 10.3 Å². The van der Waals surface area contributed by atoms with Crippen molar-refractivity contribution in [2.45, 2.75) is 4.90 Å². The molecule has 1 heterocycles. The summed E-state index contributed by atoms with van der Waals surface area (Å²) in [5, 5.41) is 5.08. The second kappa shape index (κ2) is 10.8. The summed E-state index contributed by atoms with van der Waals surface area (Å²) in [6.45, 7) is 0.759. The molecule has 2 aromatic carbocycles. The van der Waals surface area contributed by atoms with E-state index in [0.29, 0.717) is 23.4 Å². The van der Waals surface area contributed by atoms with Gasteiger partial charge in [-0.15, -0.1) is 0 Å². The Hall–Kier alpha value is -2.57. The van der Waals surface area contributed by atoms with Gasteiger partial charge in [-0.3, -0.25) is 15.4 Å². The Bertz CT molecular complexity index is 1230. The lowest BCUT2D eigenvalue weighted by Gasteiger charge is -2.05. The number of fused-ring (bicyclic) bond motifs is 1. The van der Waals surface area contributed by atoms with Gasteiger partial charge in [0.1, 0.15) is 0 Å². The third-order valence-corrected chi connectivity index (χ3v) is 7.15. The number of sulfone groups is 1. The number of aromatic nitrogens is 1. The highest BCUT2D eigenvalue weighted by Gasteiger charge is 2.18. The topological polar surface area (TPSA) is 124 Å². The highest BCUT2D eigenvalue weighted by Crippen LogP contribution is 2.28. The minimum atomic E-state index is -3.55. The highest BCUT2D eigenvalue weighted by atomic mass is 35.5. The lowest BCUT2D eigenvalue weighted by Crippen LogP contribution is -2.34. The maximum Gasteiger partial charge on any atom is 0.327 e. The smallest absolute Gasteiger partial charge is 0.327 e. The molecule has 0 aliphatic heterocycles. The van der Waals surface area contributed by atoms with E-state index in [1.54, 1.807) is 24.3 Å². The number of ether oxygens (including phenoxy) is 2. The van der Waals surface area contributed by atoms with Gasteiger partial charge < -0.3 is 9.47 Å². The zero-order chi connectivity index (χ0) is 23.1. The molecule has 0 bridgehead atoms. The van der Waals surface area contributed by atoms with Crippen LogP contribution in [-0.4, -0.2) is 58.0 Å². The summed E-state index contributed by atoms with van der Waals surface area (Å²) >= 11 is 7.04. The molecule has 3 rings (SSSR count). The molecule has 3 aromatic rings. The van der Waals surface area contributed by atoms with E-state index >= 15 is 0 Å². The highest BCUT2D eigenvalue weighted by molar-refractivity contribution is 7.91. The van der Waals surface area contributed by atoms with Crippen LogP contribution in [0.5, 0.6) is 0 Å². The van der Waals surface area contributed by atoms with E-state index in [9.17, 15) is 18.0 Å². The molecule has 3 amide bonds. The summed E-state index contributed by atoms with van der Waals surface area (Å²) in [6, 6.07) is 10.1. The zero-order valence-corrected chi connectivity index (χ0v) is 19.3. The zero-order valence-electron chi connectivity index (χ0n) is 17.0. The maximum absolute atomic E-state index is 12.5. The molecule has 170 valence electrons. The first-order valence-electron chi connectivity index (χ1n) is 9.37. The fraction of sp³-hybridized carbons (Fsp3) is 0.250. The number of halogens is 1. The number of carbonyl (C=O) groups excluding carboxylic acids is 2. The number of hydrogen-bond acceptors (Lipinski definition) is 8. The molecule has 0 saturated heterocycles. The van der Waals surface area contributed by atoms with Gasteiger partial charge >= 0.3 is 6.03 Å². The van der Waals surface area contributed by atoms with Crippen LogP contribution < -0.4 is 10.6 Å². The SMILES string of the molecule is COCCOCCS(=O)(=O)c1ccc2nc(NC(=O)NC(=O)c3ccccc3Cl)sc2c1. The standard InChI is InChI=1S/C20H20ClN3O6S2/c1-29-8-9-30-10-11-32(27,28)13-6-7-16-17(12-13)31-20(22-16)24-19(26)23-18(25)14-4-2-3-5-15(14)21/h2-7,12H,8-11H2,1H3,(H2,22,23,24,25,26). The number of rotatable bonds is 9. The Balaban J connectivity index is 1.65. The lowest BCUT2D eigenvalue weighted by molar-refractivity contribution is 0.0785. The molecule has 0 fully saturated rings. The van der Waals surface area contributed by atoms with Crippen molar-refractivity contribution >= 4 is 60.1 Å². The van der Waals surface area contributed by atoms with Gasteiger partial charge in [0.15, 0.2) is 15.0 Å². The number of hydrogen-bond donors (Lipinski definition) is 2. The fourth-order valence-corrected chi connectivity index (χ4v) is 4.97. The molecule has 0 saturated carbocycles. The number of benzene rings is 2. The molecule has 0 spiro atoms. The van der Waals surface area contributed by atoms with Crippen molar-refractivity contribution in [1.29, 1.82) is 0 Å². The van der Waals surface area contributed by atoms with E-state index in [4.69, 9.17) is 21.1 Å². The number of nitrogens with zero attached hydrogens (tertiary/aromatic N) is 1. The van der Waals surface area contributed by atoms with Crippen LogP contribution in [-0.2, 0) is 19.3 Å². The summed E-state index contributed by atoms with van der Waals surface area (Å²) in [7, 11) is -2.01. The van der Waals surface area contributed by atoms with E-state index in [2.05, 4.69) is 15.6 Å². The van der Waals surface area contributed by atoms with Gasteiger partial charge in [0, 0.05) is 7.11 Å². The van der Waals surface area contributed by atoms with Crippen LogP contribution in [0.25, 0.3) is 10.2 Å². The molecule has 2 N–H and O–H groups in total. The summed E-state index contributed by atoms with van der Waals surface area (Å²) < 4.78 is 35.7. The third kappa shape index (κ3) is 6.24. The van der Waals surface area contributed by atoms with Crippen molar-refractivity contribution < 1.29 is 27.5 Å². The molecular weight excluding hydrogens is 478 g/mol. The van der Waals surface area contributed by atoms with Crippen LogP contribution in [0.2, 0.25) is 5.02 Å². The predicted octanol–water partition coefficient (Wildman–Crippen LogP) is 3.35. The van der Waals surface area contributed by atoms with Crippen LogP contribution in [0, 0.1) is 0 Å². The number of carbonyl (C=O) groups is 2. The first-order valence-corrected chi connectivity index (χ1v) is 12.2. The van der Waals surface area contributed by atoms with Crippen LogP contribution in [0.3, 0.4) is 0 Å². The van der Waals surface area contributed by atoms with E-state index in [0.717, 1.165) is 11.3 Å².